The Bertz CT molecular complexity index is 1070. The maximum atomic E-state index is 12.6. The Balaban J connectivity index is 1.35. The van der Waals surface area contributed by atoms with E-state index in [9.17, 15) is 29.8 Å². The van der Waals surface area contributed by atoms with Crippen molar-refractivity contribution in [3.05, 3.63) is 79.9 Å². The summed E-state index contributed by atoms with van der Waals surface area (Å²) in [5.74, 6) is -1.14. The van der Waals surface area contributed by atoms with Crippen LogP contribution in [0.3, 0.4) is 0 Å². The molecule has 3 unspecified atom stereocenters. The summed E-state index contributed by atoms with van der Waals surface area (Å²) in [5, 5.41) is 21.5. The molecule has 2 aliphatic rings. The zero-order valence-electron chi connectivity index (χ0n) is 17.5. The van der Waals surface area contributed by atoms with Gasteiger partial charge >= 0.3 is 11.9 Å². The van der Waals surface area contributed by atoms with Crippen molar-refractivity contribution in [3.8, 4) is 0 Å². The van der Waals surface area contributed by atoms with Crippen LogP contribution in [0.25, 0.3) is 0 Å². The minimum absolute atomic E-state index is 0.0239. The van der Waals surface area contributed by atoms with Crippen LogP contribution in [0.1, 0.15) is 33.6 Å². The number of nitrogens with zero attached hydrogens (tertiary/aromatic N) is 3. The molecule has 33 heavy (non-hydrogen) atoms. The Labute approximate surface area is 188 Å². The number of hydrogen-bond acceptors (Lipinski definition) is 9. The molecular formula is C22H21N3O8. The molecule has 2 saturated heterocycles. The highest BCUT2D eigenvalue weighted by Gasteiger charge is 2.46. The Hall–Kier alpha value is -3.86. The number of esters is 2. The Kier molecular flexibility index (Phi) is 6.31. The van der Waals surface area contributed by atoms with Crippen molar-refractivity contribution in [2.24, 2.45) is 5.92 Å². The topological polar surface area (TPSA) is 142 Å². The molecule has 0 spiro atoms. The molecule has 0 aliphatic carbocycles. The SMILES string of the molecule is O=C(OCC1CCN2CCC(OC(=O)c3ccc([N+](=O)[O-])cc3)C12)c1ccc([N+](=O)[O-])cc1. The lowest BCUT2D eigenvalue weighted by Crippen LogP contribution is -2.38. The first-order valence-corrected chi connectivity index (χ1v) is 10.4. The molecule has 0 amide bonds. The summed E-state index contributed by atoms with van der Waals surface area (Å²) in [4.78, 5) is 47.6. The van der Waals surface area contributed by atoms with Crippen LogP contribution in [0.2, 0.25) is 0 Å². The Morgan fingerprint density at radius 3 is 1.91 bits per heavy atom. The highest BCUT2D eigenvalue weighted by atomic mass is 16.6. The van der Waals surface area contributed by atoms with E-state index >= 15 is 0 Å². The van der Waals surface area contributed by atoms with E-state index in [0.717, 1.165) is 19.5 Å². The van der Waals surface area contributed by atoms with Crippen LogP contribution in [-0.4, -0.2) is 58.5 Å². The van der Waals surface area contributed by atoms with Gasteiger partial charge in [0.25, 0.3) is 11.4 Å². The summed E-state index contributed by atoms with van der Waals surface area (Å²) >= 11 is 0. The second-order valence-corrected chi connectivity index (χ2v) is 8.01. The lowest BCUT2D eigenvalue weighted by atomic mass is 9.97. The van der Waals surface area contributed by atoms with Crippen molar-refractivity contribution < 1.29 is 28.9 Å². The molecule has 2 heterocycles. The van der Waals surface area contributed by atoms with Crippen LogP contribution in [0.15, 0.2) is 48.5 Å². The van der Waals surface area contributed by atoms with Crippen LogP contribution >= 0.6 is 0 Å². The van der Waals surface area contributed by atoms with Gasteiger partial charge in [0.2, 0.25) is 0 Å². The van der Waals surface area contributed by atoms with E-state index < -0.39 is 21.8 Å². The largest absolute Gasteiger partial charge is 0.462 e. The fraction of sp³-hybridized carbons (Fsp3) is 0.364. The van der Waals surface area contributed by atoms with E-state index in [1.165, 1.54) is 48.5 Å². The molecule has 4 rings (SSSR count). The van der Waals surface area contributed by atoms with E-state index in [-0.39, 0.29) is 47.2 Å². The quantitative estimate of drug-likeness (QED) is 0.350. The van der Waals surface area contributed by atoms with E-state index in [4.69, 9.17) is 9.47 Å². The second kappa shape index (κ2) is 9.33. The smallest absolute Gasteiger partial charge is 0.338 e. The zero-order valence-corrected chi connectivity index (χ0v) is 17.5. The van der Waals surface area contributed by atoms with Gasteiger partial charge in [-0.3, -0.25) is 25.1 Å². The van der Waals surface area contributed by atoms with E-state index in [1.54, 1.807) is 0 Å². The van der Waals surface area contributed by atoms with Crippen molar-refractivity contribution >= 4 is 23.3 Å². The van der Waals surface area contributed by atoms with Gasteiger partial charge in [-0.1, -0.05) is 0 Å². The van der Waals surface area contributed by atoms with Crippen LogP contribution < -0.4 is 0 Å². The number of hydrogen-bond donors (Lipinski definition) is 0. The molecule has 0 N–H and O–H groups in total. The van der Waals surface area contributed by atoms with Gasteiger partial charge in [-0.15, -0.1) is 0 Å². The molecule has 11 nitrogen and oxygen atoms in total. The number of nitro benzene ring substituents is 2. The van der Waals surface area contributed by atoms with Crippen LogP contribution in [0, 0.1) is 26.1 Å². The number of rotatable bonds is 7. The molecule has 2 aliphatic heterocycles. The molecule has 172 valence electrons. The third-order valence-electron chi connectivity index (χ3n) is 6.09. The second-order valence-electron chi connectivity index (χ2n) is 8.01. The van der Waals surface area contributed by atoms with Gasteiger partial charge in [0.15, 0.2) is 0 Å². The average molecular weight is 455 g/mol. The summed E-state index contributed by atoms with van der Waals surface area (Å²) in [6.45, 7) is 1.70. The maximum Gasteiger partial charge on any atom is 0.338 e. The number of carbonyl (C=O) groups is 2. The van der Waals surface area contributed by atoms with Gasteiger partial charge in [-0.25, -0.2) is 9.59 Å². The fourth-order valence-electron chi connectivity index (χ4n) is 4.43. The van der Waals surface area contributed by atoms with E-state index in [0.29, 0.717) is 6.42 Å². The normalized spacial score (nSPS) is 21.9. The predicted molar refractivity (Wildman–Crippen MR) is 114 cm³/mol. The molecule has 0 radical (unpaired) electrons. The summed E-state index contributed by atoms with van der Waals surface area (Å²) in [5.41, 5.74) is 0.243. The number of ether oxygens (including phenoxy) is 2. The van der Waals surface area contributed by atoms with E-state index in [2.05, 4.69) is 4.90 Å². The average Bonchev–Trinajstić information content (AvgIpc) is 3.40. The molecule has 2 fully saturated rings. The molecule has 2 aromatic rings. The first-order chi connectivity index (χ1) is 15.8. The molecule has 0 bridgehead atoms. The minimum atomic E-state index is -0.569. The van der Waals surface area contributed by atoms with Gasteiger partial charge in [-0.2, -0.15) is 0 Å². The number of carbonyl (C=O) groups excluding carboxylic acids is 2. The summed E-state index contributed by atoms with van der Waals surface area (Å²) in [6.07, 6.45) is 1.05. The highest BCUT2D eigenvalue weighted by molar-refractivity contribution is 5.90. The number of benzene rings is 2. The molecule has 2 aromatic carbocycles. The van der Waals surface area contributed by atoms with Crippen molar-refractivity contribution in [2.45, 2.75) is 25.0 Å². The van der Waals surface area contributed by atoms with Crippen molar-refractivity contribution in [2.75, 3.05) is 19.7 Å². The first kappa shape index (κ1) is 22.3. The van der Waals surface area contributed by atoms with Gasteiger partial charge in [-0.05, 0) is 43.7 Å². The minimum Gasteiger partial charge on any atom is -0.462 e. The van der Waals surface area contributed by atoms with Crippen molar-refractivity contribution in [3.63, 3.8) is 0 Å². The Morgan fingerprint density at radius 1 is 0.848 bits per heavy atom. The third-order valence-corrected chi connectivity index (χ3v) is 6.09. The van der Waals surface area contributed by atoms with E-state index in [1.807, 2.05) is 0 Å². The number of non-ortho nitro benzene ring substituents is 2. The maximum absolute atomic E-state index is 12.6. The first-order valence-electron chi connectivity index (χ1n) is 10.4. The van der Waals surface area contributed by atoms with Crippen molar-refractivity contribution in [1.29, 1.82) is 0 Å². The van der Waals surface area contributed by atoms with Crippen LogP contribution in [-0.2, 0) is 9.47 Å². The summed E-state index contributed by atoms with van der Waals surface area (Å²) < 4.78 is 11.2. The van der Waals surface area contributed by atoms with Gasteiger partial charge < -0.3 is 9.47 Å². The predicted octanol–water partition coefficient (Wildman–Crippen LogP) is 2.98. The van der Waals surface area contributed by atoms with Gasteiger partial charge in [0.1, 0.15) is 6.10 Å². The van der Waals surface area contributed by atoms with Crippen LogP contribution in [0.5, 0.6) is 0 Å². The molecular weight excluding hydrogens is 434 g/mol. The van der Waals surface area contributed by atoms with Gasteiger partial charge in [0.05, 0.1) is 33.6 Å². The highest BCUT2D eigenvalue weighted by Crippen LogP contribution is 2.35. The Morgan fingerprint density at radius 2 is 1.36 bits per heavy atom. The number of fused-ring (bicyclic) bond motifs is 1. The summed E-state index contributed by atoms with van der Waals surface area (Å²) in [6, 6.07) is 10.4. The molecule has 0 saturated carbocycles. The van der Waals surface area contributed by atoms with Crippen LogP contribution in [0.4, 0.5) is 11.4 Å². The third kappa shape index (κ3) is 4.82. The van der Waals surface area contributed by atoms with Gasteiger partial charge in [0, 0.05) is 36.7 Å². The fourth-order valence-corrected chi connectivity index (χ4v) is 4.43. The summed E-state index contributed by atoms with van der Waals surface area (Å²) in [7, 11) is 0. The molecule has 11 heteroatoms. The standard InChI is InChI=1S/C22H21N3O8/c26-21(14-1-5-17(6-2-14)24(28)29)32-13-16-9-11-23-12-10-19(20(16)23)33-22(27)15-3-7-18(8-4-15)25(30)31/h1-8,16,19-20H,9-13H2. The number of nitro groups is 2. The monoisotopic (exact) mass is 455 g/mol. The van der Waals surface area contributed by atoms with Crippen molar-refractivity contribution in [1.82, 2.24) is 4.90 Å². The zero-order chi connectivity index (χ0) is 23.5. The molecule has 0 aromatic heterocycles. The molecule has 3 atom stereocenters. The lowest BCUT2D eigenvalue weighted by Gasteiger charge is -2.26. The lowest BCUT2D eigenvalue weighted by molar-refractivity contribution is -0.385.